The van der Waals surface area contributed by atoms with E-state index in [0.717, 1.165) is 25.7 Å². The fourth-order valence-electron chi connectivity index (χ4n) is 1.54. The highest BCUT2D eigenvalue weighted by atomic mass is 16.3. The number of hydrogen-bond donors (Lipinski definition) is 3. The van der Waals surface area contributed by atoms with Gasteiger partial charge in [0.2, 0.25) is 0 Å². The van der Waals surface area contributed by atoms with Crippen molar-refractivity contribution in [3.8, 4) is 0 Å². The monoisotopic (exact) mass is 145 g/mol. The van der Waals surface area contributed by atoms with Gasteiger partial charge >= 0.3 is 0 Å². The van der Waals surface area contributed by atoms with Gasteiger partial charge in [-0.15, -0.1) is 0 Å². The Morgan fingerprint density at radius 2 is 1.90 bits per heavy atom. The van der Waals surface area contributed by atoms with E-state index >= 15 is 0 Å². The highest BCUT2D eigenvalue weighted by molar-refractivity contribution is 4.77. The van der Waals surface area contributed by atoms with E-state index < -0.39 is 6.23 Å². The smallest absolute Gasteiger partial charge is 0.107 e. The van der Waals surface area contributed by atoms with Crippen molar-refractivity contribution >= 4 is 0 Å². The van der Waals surface area contributed by atoms with Gasteiger partial charge in [-0.1, -0.05) is 12.8 Å². The van der Waals surface area contributed by atoms with Crippen LogP contribution in [0.5, 0.6) is 0 Å². The standard InChI is InChI=1S/C7H15NO2/c8-7(10)5-3-1-2-4-6(5)9/h5-7,9-10H,1-4,8H2. The number of hydrogen-bond acceptors (Lipinski definition) is 3. The zero-order chi connectivity index (χ0) is 7.56. The Morgan fingerprint density at radius 1 is 1.30 bits per heavy atom. The minimum atomic E-state index is -0.838. The van der Waals surface area contributed by atoms with Gasteiger partial charge in [0.05, 0.1) is 6.10 Å². The Labute approximate surface area is 60.9 Å². The number of aliphatic hydroxyl groups is 2. The number of nitrogens with two attached hydrogens (primary N) is 1. The molecule has 1 fully saturated rings. The van der Waals surface area contributed by atoms with E-state index in [2.05, 4.69) is 0 Å². The van der Waals surface area contributed by atoms with Gasteiger partial charge in [-0.2, -0.15) is 0 Å². The van der Waals surface area contributed by atoms with Gasteiger partial charge in [0, 0.05) is 5.92 Å². The van der Waals surface area contributed by atoms with E-state index in [9.17, 15) is 5.11 Å². The van der Waals surface area contributed by atoms with Crippen LogP contribution in [-0.4, -0.2) is 22.5 Å². The van der Waals surface area contributed by atoms with Crippen molar-refractivity contribution < 1.29 is 10.2 Å². The molecular weight excluding hydrogens is 130 g/mol. The van der Waals surface area contributed by atoms with Crippen LogP contribution in [0.4, 0.5) is 0 Å². The molecule has 0 aliphatic heterocycles. The largest absolute Gasteiger partial charge is 0.393 e. The molecule has 4 N–H and O–H groups in total. The Morgan fingerprint density at radius 3 is 2.30 bits per heavy atom. The minimum absolute atomic E-state index is 0.0891. The second-order valence-electron chi connectivity index (χ2n) is 3.01. The average Bonchev–Trinajstić information content (AvgIpc) is 1.88. The van der Waals surface area contributed by atoms with Crippen molar-refractivity contribution in [2.45, 2.75) is 38.0 Å². The Balaban J connectivity index is 2.40. The van der Waals surface area contributed by atoms with E-state index in [1.165, 1.54) is 0 Å². The second-order valence-corrected chi connectivity index (χ2v) is 3.01. The molecule has 0 spiro atoms. The molecule has 0 amide bonds. The lowest BCUT2D eigenvalue weighted by Gasteiger charge is -2.29. The lowest BCUT2D eigenvalue weighted by molar-refractivity contribution is -0.00910. The summed E-state index contributed by atoms with van der Waals surface area (Å²) in [5, 5.41) is 18.3. The average molecular weight is 145 g/mol. The third-order valence-electron chi connectivity index (χ3n) is 2.22. The van der Waals surface area contributed by atoms with Crippen molar-refractivity contribution in [2.75, 3.05) is 0 Å². The first kappa shape index (κ1) is 7.98. The lowest BCUT2D eigenvalue weighted by Crippen LogP contribution is -2.39. The highest BCUT2D eigenvalue weighted by Crippen LogP contribution is 2.25. The molecular formula is C7H15NO2. The first-order chi connectivity index (χ1) is 4.72. The van der Waals surface area contributed by atoms with Gasteiger partial charge in [-0.25, -0.2) is 0 Å². The molecule has 3 heteroatoms. The van der Waals surface area contributed by atoms with Gasteiger partial charge in [-0.3, -0.25) is 0 Å². The zero-order valence-electron chi connectivity index (χ0n) is 6.03. The summed E-state index contributed by atoms with van der Waals surface area (Å²) < 4.78 is 0. The molecule has 0 radical (unpaired) electrons. The van der Waals surface area contributed by atoms with Crippen molar-refractivity contribution in [1.82, 2.24) is 0 Å². The maximum atomic E-state index is 9.30. The van der Waals surface area contributed by atoms with Crippen LogP contribution in [0.1, 0.15) is 25.7 Å². The molecule has 0 heterocycles. The van der Waals surface area contributed by atoms with E-state index in [-0.39, 0.29) is 12.0 Å². The summed E-state index contributed by atoms with van der Waals surface area (Å²) >= 11 is 0. The van der Waals surface area contributed by atoms with Gasteiger partial charge in [0.1, 0.15) is 6.23 Å². The van der Waals surface area contributed by atoms with E-state index in [1.54, 1.807) is 0 Å². The fraction of sp³-hybridized carbons (Fsp3) is 1.00. The van der Waals surface area contributed by atoms with Crippen LogP contribution in [0.25, 0.3) is 0 Å². The van der Waals surface area contributed by atoms with Gasteiger partial charge in [0.15, 0.2) is 0 Å². The normalized spacial score (nSPS) is 37.5. The van der Waals surface area contributed by atoms with E-state index in [4.69, 9.17) is 10.8 Å². The summed E-state index contributed by atoms with van der Waals surface area (Å²) in [4.78, 5) is 0. The van der Waals surface area contributed by atoms with Crippen LogP contribution in [0.2, 0.25) is 0 Å². The van der Waals surface area contributed by atoms with Gasteiger partial charge in [0.25, 0.3) is 0 Å². The number of rotatable bonds is 1. The van der Waals surface area contributed by atoms with Crippen molar-refractivity contribution in [3.63, 3.8) is 0 Å². The molecule has 3 unspecified atom stereocenters. The maximum Gasteiger partial charge on any atom is 0.107 e. The SMILES string of the molecule is NC(O)C1CCCCC1O. The number of aliphatic hydroxyl groups excluding tert-OH is 2. The molecule has 10 heavy (non-hydrogen) atoms. The molecule has 1 rings (SSSR count). The summed E-state index contributed by atoms with van der Waals surface area (Å²) in [6.45, 7) is 0. The topological polar surface area (TPSA) is 66.5 Å². The molecule has 0 saturated heterocycles. The fourth-order valence-corrected chi connectivity index (χ4v) is 1.54. The van der Waals surface area contributed by atoms with Crippen LogP contribution < -0.4 is 5.73 Å². The predicted octanol–water partition coefficient (Wildman–Crippen LogP) is -0.185. The zero-order valence-corrected chi connectivity index (χ0v) is 6.03. The van der Waals surface area contributed by atoms with E-state index in [1.807, 2.05) is 0 Å². The quantitative estimate of drug-likeness (QED) is 0.448. The Kier molecular flexibility index (Phi) is 2.65. The predicted molar refractivity (Wildman–Crippen MR) is 38.2 cm³/mol. The highest BCUT2D eigenvalue weighted by Gasteiger charge is 2.26. The van der Waals surface area contributed by atoms with Crippen LogP contribution >= 0.6 is 0 Å². The van der Waals surface area contributed by atoms with Crippen molar-refractivity contribution in [3.05, 3.63) is 0 Å². The first-order valence-corrected chi connectivity index (χ1v) is 3.83. The minimum Gasteiger partial charge on any atom is -0.393 e. The molecule has 3 nitrogen and oxygen atoms in total. The summed E-state index contributed by atoms with van der Waals surface area (Å²) in [5.74, 6) is -0.0891. The third-order valence-corrected chi connectivity index (χ3v) is 2.22. The lowest BCUT2D eigenvalue weighted by atomic mass is 9.85. The Hall–Kier alpha value is -0.120. The van der Waals surface area contributed by atoms with Gasteiger partial charge < -0.3 is 15.9 Å². The van der Waals surface area contributed by atoms with Crippen LogP contribution in [0, 0.1) is 5.92 Å². The summed E-state index contributed by atoms with van der Waals surface area (Å²) in [5.41, 5.74) is 5.25. The molecule has 0 aromatic carbocycles. The van der Waals surface area contributed by atoms with Crippen molar-refractivity contribution in [1.29, 1.82) is 0 Å². The first-order valence-electron chi connectivity index (χ1n) is 3.83. The Bertz CT molecular complexity index is 106. The molecule has 0 aromatic rings. The molecule has 1 aliphatic carbocycles. The van der Waals surface area contributed by atoms with E-state index in [0.29, 0.717) is 0 Å². The van der Waals surface area contributed by atoms with Gasteiger partial charge in [-0.05, 0) is 12.8 Å². The van der Waals surface area contributed by atoms with Crippen LogP contribution in [0.3, 0.4) is 0 Å². The van der Waals surface area contributed by atoms with Crippen molar-refractivity contribution in [2.24, 2.45) is 11.7 Å². The third kappa shape index (κ3) is 1.68. The van der Waals surface area contributed by atoms with Crippen LogP contribution in [-0.2, 0) is 0 Å². The maximum absolute atomic E-state index is 9.30. The molecule has 1 saturated carbocycles. The molecule has 60 valence electrons. The summed E-state index contributed by atoms with van der Waals surface area (Å²) in [6, 6.07) is 0. The second kappa shape index (κ2) is 3.32. The van der Waals surface area contributed by atoms with Crippen LogP contribution in [0.15, 0.2) is 0 Å². The summed E-state index contributed by atoms with van der Waals surface area (Å²) in [7, 11) is 0. The molecule has 3 atom stereocenters. The molecule has 0 bridgehead atoms. The molecule has 1 aliphatic rings. The molecule has 0 aromatic heterocycles. The summed E-state index contributed by atoms with van der Waals surface area (Å²) in [6.07, 6.45) is 2.57.